The predicted molar refractivity (Wildman–Crippen MR) is 81.5 cm³/mol. The minimum atomic E-state index is -3.52. The van der Waals surface area contributed by atoms with Crippen molar-refractivity contribution >= 4 is 21.4 Å². The maximum Gasteiger partial charge on any atom is 0.242 e. The second-order valence-electron chi connectivity index (χ2n) is 7.17. The van der Waals surface area contributed by atoms with Crippen LogP contribution in [0.4, 0.5) is 0 Å². The number of hydrogen-bond acceptors (Lipinski definition) is 4. The Kier molecular flexibility index (Phi) is 3.23. The number of thiophene rings is 1. The SMILES string of the molecule is O=S(=O)(NC12CC3CC(CC(C3)C1)C2)c1ccsc1CO. The molecular formula is C15H21NO3S2. The largest absolute Gasteiger partial charge is 0.391 e. The summed E-state index contributed by atoms with van der Waals surface area (Å²) in [6.07, 6.45) is 6.87. The monoisotopic (exact) mass is 327 g/mol. The molecule has 0 saturated heterocycles. The van der Waals surface area contributed by atoms with Crippen molar-refractivity contribution in [2.45, 2.75) is 55.6 Å². The van der Waals surface area contributed by atoms with Crippen molar-refractivity contribution in [3.05, 3.63) is 16.3 Å². The predicted octanol–water partition coefficient (Wildman–Crippen LogP) is 2.49. The van der Waals surface area contributed by atoms with Crippen LogP contribution in [0.25, 0.3) is 0 Å². The molecule has 1 aromatic heterocycles. The van der Waals surface area contributed by atoms with Crippen LogP contribution in [0.5, 0.6) is 0 Å². The van der Waals surface area contributed by atoms with Gasteiger partial charge in [0.15, 0.2) is 0 Å². The highest BCUT2D eigenvalue weighted by atomic mass is 32.2. The van der Waals surface area contributed by atoms with Gasteiger partial charge in [0.25, 0.3) is 0 Å². The molecule has 4 nitrogen and oxygen atoms in total. The maximum absolute atomic E-state index is 12.7. The Balaban J connectivity index is 1.63. The number of nitrogens with one attached hydrogen (secondary N) is 1. The highest BCUT2D eigenvalue weighted by Gasteiger charge is 2.52. The molecule has 5 rings (SSSR count). The van der Waals surface area contributed by atoms with Gasteiger partial charge in [-0.15, -0.1) is 11.3 Å². The first kappa shape index (κ1) is 14.2. The summed E-state index contributed by atoms with van der Waals surface area (Å²) in [5, 5.41) is 11.1. The second-order valence-corrected chi connectivity index (χ2v) is 9.82. The molecule has 0 aromatic carbocycles. The first-order valence-corrected chi connectivity index (χ1v) is 10.1. The molecule has 0 spiro atoms. The van der Waals surface area contributed by atoms with Gasteiger partial charge >= 0.3 is 0 Å². The molecule has 4 fully saturated rings. The topological polar surface area (TPSA) is 66.4 Å². The van der Waals surface area contributed by atoms with E-state index in [1.165, 1.54) is 30.6 Å². The van der Waals surface area contributed by atoms with E-state index in [1.807, 2.05) is 0 Å². The lowest BCUT2D eigenvalue weighted by Crippen LogP contribution is -2.59. The van der Waals surface area contributed by atoms with Crippen molar-refractivity contribution in [1.29, 1.82) is 0 Å². The van der Waals surface area contributed by atoms with Crippen molar-refractivity contribution in [1.82, 2.24) is 4.72 Å². The average molecular weight is 327 g/mol. The lowest BCUT2D eigenvalue weighted by atomic mass is 9.53. The third-order valence-corrected chi connectivity index (χ3v) is 8.22. The molecule has 2 N–H and O–H groups in total. The van der Waals surface area contributed by atoms with Gasteiger partial charge in [-0.2, -0.15) is 0 Å². The van der Waals surface area contributed by atoms with E-state index in [2.05, 4.69) is 4.72 Å². The number of sulfonamides is 1. The van der Waals surface area contributed by atoms with Crippen LogP contribution in [0, 0.1) is 17.8 Å². The van der Waals surface area contributed by atoms with Crippen LogP contribution < -0.4 is 4.72 Å². The fraction of sp³-hybridized carbons (Fsp3) is 0.733. The molecule has 0 aliphatic heterocycles. The van der Waals surface area contributed by atoms with Crippen LogP contribution in [-0.2, 0) is 16.6 Å². The van der Waals surface area contributed by atoms with Crippen LogP contribution in [0.15, 0.2) is 16.3 Å². The number of rotatable bonds is 4. The smallest absolute Gasteiger partial charge is 0.242 e. The van der Waals surface area contributed by atoms with E-state index in [-0.39, 0.29) is 17.0 Å². The molecular weight excluding hydrogens is 306 g/mol. The van der Waals surface area contributed by atoms with Crippen molar-refractivity contribution in [3.8, 4) is 0 Å². The molecule has 1 heterocycles. The van der Waals surface area contributed by atoms with Gasteiger partial charge in [0.1, 0.15) is 0 Å². The average Bonchev–Trinajstić information content (AvgIpc) is 2.84. The Morgan fingerprint density at radius 3 is 2.29 bits per heavy atom. The van der Waals surface area contributed by atoms with Crippen LogP contribution in [0.3, 0.4) is 0 Å². The lowest BCUT2D eigenvalue weighted by molar-refractivity contribution is -0.00811. The Morgan fingerprint density at radius 2 is 1.76 bits per heavy atom. The van der Waals surface area contributed by atoms with E-state index in [4.69, 9.17) is 0 Å². The van der Waals surface area contributed by atoms with Gasteiger partial charge in [0.2, 0.25) is 10.0 Å². The van der Waals surface area contributed by atoms with Crippen LogP contribution in [-0.4, -0.2) is 19.1 Å². The zero-order chi connectivity index (χ0) is 14.7. The summed E-state index contributed by atoms with van der Waals surface area (Å²) in [5.74, 6) is 2.12. The summed E-state index contributed by atoms with van der Waals surface area (Å²) in [6.45, 7) is -0.214. The summed E-state index contributed by atoms with van der Waals surface area (Å²) in [6, 6.07) is 1.61. The summed E-state index contributed by atoms with van der Waals surface area (Å²) < 4.78 is 28.5. The number of aliphatic hydroxyl groups is 1. The van der Waals surface area contributed by atoms with Gasteiger partial charge in [0, 0.05) is 10.4 Å². The molecule has 0 radical (unpaired) electrons. The van der Waals surface area contributed by atoms with Gasteiger partial charge in [-0.3, -0.25) is 0 Å². The number of hydrogen-bond donors (Lipinski definition) is 2. The van der Waals surface area contributed by atoms with Crippen molar-refractivity contribution in [3.63, 3.8) is 0 Å². The molecule has 6 heteroatoms. The zero-order valence-electron chi connectivity index (χ0n) is 11.9. The van der Waals surface area contributed by atoms with Crippen molar-refractivity contribution in [2.24, 2.45) is 17.8 Å². The second kappa shape index (κ2) is 4.78. The van der Waals surface area contributed by atoms with Gasteiger partial charge in [-0.05, 0) is 67.7 Å². The molecule has 4 bridgehead atoms. The summed E-state index contributed by atoms with van der Waals surface area (Å²) >= 11 is 1.30. The Hall–Kier alpha value is -0.430. The van der Waals surface area contributed by atoms with E-state index < -0.39 is 10.0 Å². The molecule has 4 aliphatic rings. The minimum Gasteiger partial charge on any atom is -0.391 e. The lowest BCUT2D eigenvalue weighted by Gasteiger charge is -2.56. The van der Waals surface area contributed by atoms with Crippen LogP contribution in [0.1, 0.15) is 43.4 Å². The summed E-state index contributed by atoms with van der Waals surface area (Å²) in [4.78, 5) is 0.804. The normalized spacial score (nSPS) is 38.0. The maximum atomic E-state index is 12.7. The third-order valence-electron chi connectivity index (χ3n) is 5.53. The molecule has 1 aromatic rings. The molecule has 4 saturated carbocycles. The molecule has 4 aliphatic carbocycles. The molecule has 116 valence electrons. The summed E-state index contributed by atoms with van der Waals surface area (Å²) in [5.41, 5.74) is -0.220. The van der Waals surface area contributed by atoms with Gasteiger partial charge < -0.3 is 5.11 Å². The molecule has 21 heavy (non-hydrogen) atoms. The van der Waals surface area contributed by atoms with E-state index in [0.29, 0.717) is 22.6 Å². The first-order valence-electron chi connectivity index (χ1n) is 7.71. The van der Waals surface area contributed by atoms with Crippen LogP contribution in [0.2, 0.25) is 0 Å². The van der Waals surface area contributed by atoms with E-state index in [0.717, 1.165) is 19.3 Å². The summed E-state index contributed by atoms with van der Waals surface area (Å²) in [7, 11) is -3.52. The zero-order valence-corrected chi connectivity index (χ0v) is 13.5. The standard InChI is InChI=1S/C15H21NO3S2/c17-9-13-14(1-2-20-13)21(18,19)16-15-6-10-3-11(7-15)5-12(4-10)8-15/h1-2,10-12,16-17H,3-9H2. The fourth-order valence-corrected chi connectivity index (χ4v) is 7.99. The van der Waals surface area contributed by atoms with Gasteiger partial charge in [-0.25, -0.2) is 13.1 Å². The van der Waals surface area contributed by atoms with Gasteiger partial charge in [-0.1, -0.05) is 0 Å². The van der Waals surface area contributed by atoms with Crippen LogP contribution >= 0.6 is 11.3 Å². The van der Waals surface area contributed by atoms with E-state index >= 15 is 0 Å². The first-order chi connectivity index (χ1) is 10.00. The molecule has 0 amide bonds. The fourth-order valence-electron chi connectivity index (χ4n) is 5.26. The van der Waals surface area contributed by atoms with Crippen molar-refractivity contribution < 1.29 is 13.5 Å². The van der Waals surface area contributed by atoms with E-state index in [1.54, 1.807) is 11.4 Å². The van der Waals surface area contributed by atoms with E-state index in [9.17, 15) is 13.5 Å². The minimum absolute atomic E-state index is 0.214. The molecule has 0 atom stereocenters. The Morgan fingerprint density at radius 1 is 1.19 bits per heavy atom. The highest BCUT2D eigenvalue weighted by Crippen LogP contribution is 2.56. The molecule has 0 unspecified atom stereocenters. The van der Waals surface area contributed by atoms with Crippen molar-refractivity contribution in [2.75, 3.05) is 0 Å². The van der Waals surface area contributed by atoms with Gasteiger partial charge in [0.05, 0.1) is 11.5 Å². The third kappa shape index (κ3) is 2.36. The Labute approximate surface area is 129 Å². The quantitative estimate of drug-likeness (QED) is 0.893. The highest BCUT2D eigenvalue weighted by molar-refractivity contribution is 7.89. The Bertz CT molecular complexity index is 614. The number of aliphatic hydroxyl groups excluding tert-OH is 1.